The van der Waals surface area contributed by atoms with Gasteiger partial charge < -0.3 is 4.74 Å². The van der Waals surface area contributed by atoms with E-state index in [2.05, 4.69) is 14.8 Å². The zero-order valence-electron chi connectivity index (χ0n) is 9.52. The minimum atomic E-state index is -0.420. The lowest BCUT2D eigenvalue weighted by molar-refractivity contribution is 0.0594. The number of methoxy groups -OCH3 is 1. The number of nitrogens with zero attached hydrogens (tertiary/aromatic N) is 3. The summed E-state index contributed by atoms with van der Waals surface area (Å²) >= 11 is 0. The fourth-order valence-corrected chi connectivity index (χ4v) is 1.61. The first-order chi connectivity index (χ1) is 7.65. The number of aryl methyl sites for hydroxylation is 1. The van der Waals surface area contributed by atoms with Crippen molar-refractivity contribution in [2.75, 3.05) is 7.11 Å². The van der Waals surface area contributed by atoms with Crippen LogP contribution in [0.15, 0.2) is 12.1 Å². The van der Waals surface area contributed by atoms with Crippen molar-refractivity contribution in [2.24, 2.45) is 0 Å². The number of carbonyl (C=O) groups excluding carboxylic acids is 1. The lowest BCUT2D eigenvalue weighted by Crippen LogP contribution is -2.10. The minimum absolute atomic E-state index is 0.326. The third kappa shape index (κ3) is 1.66. The third-order valence-electron chi connectivity index (χ3n) is 2.38. The molecule has 5 nitrogen and oxygen atoms in total. The molecular weight excluding hydrogens is 205 g/mol. The molecule has 6 heteroatoms. The largest absolute Gasteiger partial charge is 0.464 e. The van der Waals surface area contributed by atoms with Gasteiger partial charge in [0, 0.05) is 11.3 Å². The summed E-state index contributed by atoms with van der Waals surface area (Å²) in [6, 6.07) is 3.55. The van der Waals surface area contributed by atoms with Crippen LogP contribution in [0.1, 0.15) is 23.1 Å². The number of aromatic nitrogens is 3. The van der Waals surface area contributed by atoms with Gasteiger partial charge in [-0.2, -0.15) is 5.10 Å². The summed E-state index contributed by atoms with van der Waals surface area (Å²) in [5.74, 6) is -0.420. The highest BCUT2D eigenvalue weighted by Crippen LogP contribution is 2.08. The van der Waals surface area contributed by atoms with Crippen molar-refractivity contribution in [3.8, 4) is 0 Å². The molecule has 0 radical (unpaired) electrons. The summed E-state index contributed by atoms with van der Waals surface area (Å²) in [6.45, 7) is 2.01. The highest BCUT2D eigenvalue weighted by molar-refractivity contribution is 6.31. The van der Waals surface area contributed by atoms with E-state index in [1.165, 1.54) is 7.11 Å². The molecule has 0 saturated carbocycles. The number of hydrogen-bond donors (Lipinski definition) is 0. The van der Waals surface area contributed by atoms with Crippen LogP contribution < -0.4 is 5.59 Å². The molecule has 0 spiro atoms. The maximum absolute atomic E-state index is 11.4. The zero-order valence-corrected chi connectivity index (χ0v) is 9.52. The van der Waals surface area contributed by atoms with E-state index < -0.39 is 5.97 Å². The number of fused-ring (bicyclic) bond motifs is 1. The highest BCUT2D eigenvalue weighted by atomic mass is 16.5. The Morgan fingerprint density at radius 1 is 1.56 bits per heavy atom. The average Bonchev–Trinajstić information content (AvgIpc) is 2.66. The predicted octanol–water partition coefficient (Wildman–Crippen LogP) is -0.663. The van der Waals surface area contributed by atoms with Gasteiger partial charge in [0.25, 0.3) is 0 Å². The Kier molecular flexibility index (Phi) is 2.64. The molecule has 0 unspecified atom stereocenters. The van der Waals surface area contributed by atoms with Crippen molar-refractivity contribution >= 4 is 25.1 Å². The first kappa shape index (κ1) is 10.7. The highest BCUT2D eigenvalue weighted by Gasteiger charge is 2.12. The Hall–Kier alpha value is -1.85. The quantitative estimate of drug-likeness (QED) is 0.494. The molecule has 0 aliphatic rings. The van der Waals surface area contributed by atoms with Crippen molar-refractivity contribution in [2.45, 2.75) is 13.3 Å². The maximum Gasteiger partial charge on any atom is 0.356 e. The van der Waals surface area contributed by atoms with E-state index in [4.69, 9.17) is 0 Å². The van der Waals surface area contributed by atoms with E-state index in [0.717, 1.165) is 17.7 Å². The van der Waals surface area contributed by atoms with Gasteiger partial charge in [-0.15, -0.1) is 0 Å². The summed E-state index contributed by atoms with van der Waals surface area (Å²) in [5.41, 5.74) is 2.83. The first-order valence-corrected chi connectivity index (χ1v) is 5.10. The molecule has 0 aromatic carbocycles. The second kappa shape index (κ2) is 3.96. The minimum Gasteiger partial charge on any atom is -0.464 e. The van der Waals surface area contributed by atoms with E-state index in [1.54, 1.807) is 10.6 Å². The van der Waals surface area contributed by atoms with Crippen LogP contribution in [0.2, 0.25) is 0 Å². The Morgan fingerprint density at radius 2 is 2.31 bits per heavy atom. The molecule has 2 aromatic heterocycles. The standard InChI is InChI=1S/C10H12BN3O2/c1-3-6-4-7(10(15)16-2)12-9-5-8(11)13-14(6)9/h4-5H,3,11H2,1-2H3. The molecule has 2 rings (SSSR count). The summed E-state index contributed by atoms with van der Waals surface area (Å²) in [6.07, 6.45) is 0.782. The molecular formula is C10H12BN3O2. The van der Waals surface area contributed by atoms with Gasteiger partial charge >= 0.3 is 5.97 Å². The van der Waals surface area contributed by atoms with Crippen LogP contribution in [-0.2, 0) is 11.2 Å². The van der Waals surface area contributed by atoms with Crippen LogP contribution in [0.25, 0.3) is 5.65 Å². The molecule has 2 heterocycles. The van der Waals surface area contributed by atoms with Crippen LogP contribution in [0, 0.1) is 0 Å². The Balaban J connectivity index is 2.67. The molecule has 0 N–H and O–H groups in total. The molecule has 2 aromatic rings. The second-order valence-corrected chi connectivity index (χ2v) is 3.53. The molecule has 0 aliphatic carbocycles. The summed E-state index contributed by atoms with van der Waals surface area (Å²) in [4.78, 5) is 15.6. The monoisotopic (exact) mass is 217 g/mol. The van der Waals surface area contributed by atoms with Gasteiger partial charge in [0.2, 0.25) is 0 Å². The molecule has 0 aliphatic heterocycles. The average molecular weight is 217 g/mol. The molecule has 0 saturated heterocycles. The fourth-order valence-electron chi connectivity index (χ4n) is 1.61. The molecule has 0 fully saturated rings. The lowest BCUT2D eigenvalue weighted by Gasteiger charge is -2.04. The zero-order chi connectivity index (χ0) is 11.7. The van der Waals surface area contributed by atoms with E-state index in [1.807, 2.05) is 20.8 Å². The summed E-state index contributed by atoms with van der Waals surface area (Å²) in [5, 5.41) is 4.31. The Bertz CT molecular complexity index is 550. The molecule has 0 bridgehead atoms. The maximum atomic E-state index is 11.4. The van der Waals surface area contributed by atoms with Crippen molar-refractivity contribution in [3.63, 3.8) is 0 Å². The molecule has 0 atom stereocenters. The Morgan fingerprint density at radius 3 is 2.94 bits per heavy atom. The van der Waals surface area contributed by atoms with E-state index in [-0.39, 0.29) is 0 Å². The van der Waals surface area contributed by atoms with E-state index in [9.17, 15) is 4.79 Å². The van der Waals surface area contributed by atoms with Gasteiger partial charge in [-0.3, -0.25) is 0 Å². The lowest BCUT2D eigenvalue weighted by atomic mass is 10.1. The van der Waals surface area contributed by atoms with Crippen molar-refractivity contribution in [1.82, 2.24) is 14.6 Å². The summed E-state index contributed by atoms with van der Waals surface area (Å²) < 4.78 is 6.41. The topological polar surface area (TPSA) is 56.5 Å². The number of rotatable bonds is 2. The molecule has 0 amide bonds. The normalized spacial score (nSPS) is 10.6. The van der Waals surface area contributed by atoms with Gasteiger partial charge in [-0.1, -0.05) is 6.92 Å². The van der Waals surface area contributed by atoms with E-state index in [0.29, 0.717) is 11.3 Å². The van der Waals surface area contributed by atoms with Crippen molar-refractivity contribution < 1.29 is 9.53 Å². The predicted molar refractivity (Wildman–Crippen MR) is 61.9 cm³/mol. The second-order valence-electron chi connectivity index (χ2n) is 3.53. The number of carbonyl (C=O) groups is 1. The molecule has 16 heavy (non-hydrogen) atoms. The van der Waals surface area contributed by atoms with Crippen LogP contribution in [0.4, 0.5) is 0 Å². The summed E-state index contributed by atoms with van der Waals surface area (Å²) in [7, 11) is 3.24. The van der Waals surface area contributed by atoms with Crippen LogP contribution in [-0.4, -0.2) is 35.5 Å². The smallest absolute Gasteiger partial charge is 0.356 e. The van der Waals surface area contributed by atoms with Gasteiger partial charge in [0.15, 0.2) is 19.2 Å². The number of ether oxygens (including phenoxy) is 1. The van der Waals surface area contributed by atoms with Crippen LogP contribution in [0.3, 0.4) is 0 Å². The van der Waals surface area contributed by atoms with E-state index >= 15 is 0 Å². The van der Waals surface area contributed by atoms with Crippen LogP contribution >= 0.6 is 0 Å². The fraction of sp³-hybridized carbons (Fsp3) is 0.300. The number of hydrogen-bond acceptors (Lipinski definition) is 4. The third-order valence-corrected chi connectivity index (χ3v) is 2.38. The molecule has 82 valence electrons. The van der Waals surface area contributed by atoms with Gasteiger partial charge in [-0.25, -0.2) is 14.3 Å². The van der Waals surface area contributed by atoms with Crippen molar-refractivity contribution in [1.29, 1.82) is 0 Å². The van der Waals surface area contributed by atoms with Gasteiger partial charge in [0.1, 0.15) is 0 Å². The first-order valence-electron chi connectivity index (χ1n) is 5.10. The van der Waals surface area contributed by atoms with Crippen molar-refractivity contribution in [3.05, 3.63) is 23.5 Å². The SMILES string of the molecule is Bc1cc2nc(C(=O)OC)cc(CC)n2n1. The van der Waals surface area contributed by atoms with Gasteiger partial charge in [-0.05, 0) is 18.6 Å². The van der Waals surface area contributed by atoms with Gasteiger partial charge in [0.05, 0.1) is 7.11 Å². The van der Waals surface area contributed by atoms with Crippen LogP contribution in [0.5, 0.6) is 0 Å². The Labute approximate surface area is 93.8 Å². The number of esters is 1.